The van der Waals surface area contributed by atoms with E-state index in [0.717, 1.165) is 12.3 Å². The van der Waals surface area contributed by atoms with Gasteiger partial charge in [0.2, 0.25) is 0 Å². The molecule has 0 N–H and O–H groups in total. The topological polar surface area (TPSA) is 12.5 Å². The molecule has 1 heterocycles. The van der Waals surface area contributed by atoms with Crippen molar-refractivity contribution in [2.75, 3.05) is 18.6 Å². The van der Waals surface area contributed by atoms with Crippen LogP contribution in [0.5, 0.6) is 5.75 Å². The minimum absolute atomic E-state index is 0.199. The van der Waals surface area contributed by atoms with Crippen LogP contribution in [0.1, 0.15) is 45.6 Å². The van der Waals surface area contributed by atoms with Crippen LogP contribution >= 0.6 is 0 Å². The zero-order valence-electron chi connectivity index (χ0n) is 11.6. The third-order valence-electron chi connectivity index (χ3n) is 4.19. The zero-order valence-corrected chi connectivity index (χ0v) is 11.6. The molecule has 2 rings (SSSR count). The largest absolute Gasteiger partial charge is 0.497 e. The van der Waals surface area contributed by atoms with Crippen LogP contribution in [-0.4, -0.2) is 19.2 Å². The Kier molecular flexibility index (Phi) is 3.07. The molecule has 1 aromatic rings. The van der Waals surface area contributed by atoms with Gasteiger partial charge in [0, 0.05) is 23.7 Å². The fourth-order valence-electron chi connectivity index (χ4n) is 2.81. The second-order valence-electron chi connectivity index (χ2n) is 5.45. The van der Waals surface area contributed by atoms with Gasteiger partial charge in [-0.1, -0.05) is 13.8 Å². The molecule has 0 aromatic heterocycles. The Morgan fingerprint density at radius 1 is 1.35 bits per heavy atom. The highest BCUT2D eigenvalue weighted by molar-refractivity contribution is 5.65. The molecule has 0 bridgehead atoms. The molecule has 0 fully saturated rings. The van der Waals surface area contributed by atoms with Crippen LogP contribution in [0.15, 0.2) is 18.2 Å². The van der Waals surface area contributed by atoms with Gasteiger partial charge in [-0.3, -0.25) is 0 Å². The van der Waals surface area contributed by atoms with Crippen molar-refractivity contribution < 1.29 is 4.74 Å². The molecular formula is C15H23NO. The van der Waals surface area contributed by atoms with Crippen LogP contribution in [0.3, 0.4) is 0 Å². The summed E-state index contributed by atoms with van der Waals surface area (Å²) in [5, 5.41) is 0. The van der Waals surface area contributed by atoms with Gasteiger partial charge in [-0.15, -0.1) is 0 Å². The second-order valence-corrected chi connectivity index (χ2v) is 5.45. The second kappa shape index (κ2) is 4.25. The van der Waals surface area contributed by atoms with Crippen LogP contribution in [0.2, 0.25) is 0 Å². The smallest absolute Gasteiger partial charge is 0.119 e. The van der Waals surface area contributed by atoms with Crippen molar-refractivity contribution in [3.63, 3.8) is 0 Å². The molecule has 0 aliphatic carbocycles. The normalized spacial score (nSPS) is 21.5. The summed E-state index contributed by atoms with van der Waals surface area (Å²) in [6.45, 7) is 10.3. The Morgan fingerprint density at radius 3 is 2.65 bits per heavy atom. The summed E-state index contributed by atoms with van der Waals surface area (Å²) in [5.74, 6) is 1.50. The maximum absolute atomic E-state index is 5.33. The van der Waals surface area contributed by atoms with Gasteiger partial charge in [-0.2, -0.15) is 0 Å². The summed E-state index contributed by atoms with van der Waals surface area (Å²) in [4.78, 5) is 2.53. The Labute approximate surface area is 105 Å². The molecule has 1 unspecified atom stereocenters. The standard InChI is InChI=1S/C15H23NO/c1-6-9-16-14-8-7-12(17-5)10-13(14)11(2)15(16,3)4/h7-8,10-11H,6,9H2,1-5H3. The molecule has 2 heteroatoms. The quantitative estimate of drug-likeness (QED) is 0.787. The fraction of sp³-hybridized carbons (Fsp3) is 0.600. The lowest BCUT2D eigenvalue weighted by molar-refractivity contribution is 0.410. The highest BCUT2D eigenvalue weighted by atomic mass is 16.5. The van der Waals surface area contributed by atoms with Crippen molar-refractivity contribution in [1.29, 1.82) is 0 Å². The Bertz CT molecular complexity index is 411. The predicted octanol–water partition coefficient (Wildman–Crippen LogP) is 3.81. The van der Waals surface area contributed by atoms with E-state index in [9.17, 15) is 0 Å². The molecule has 17 heavy (non-hydrogen) atoms. The first-order chi connectivity index (χ1) is 8.02. The van der Waals surface area contributed by atoms with E-state index in [1.165, 1.54) is 17.7 Å². The zero-order chi connectivity index (χ0) is 12.6. The third kappa shape index (κ3) is 1.80. The Hall–Kier alpha value is -1.18. The number of benzene rings is 1. The number of nitrogens with zero attached hydrogens (tertiary/aromatic N) is 1. The van der Waals surface area contributed by atoms with Gasteiger partial charge in [0.25, 0.3) is 0 Å². The third-order valence-corrected chi connectivity index (χ3v) is 4.19. The number of fused-ring (bicyclic) bond motifs is 1. The number of methoxy groups -OCH3 is 1. The van der Waals surface area contributed by atoms with E-state index >= 15 is 0 Å². The lowest BCUT2D eigenvalue weighted by Crippen LogP contribution is -2.43. The van der Waals surface area contributed by atoms with Crippen LogP contribution in [0.25, 0.3) is 0 Å². The van der Waals surface area contributed by atoms with Crippen molar-refractivity contribution >= 4 is 5.69 Å². The van der Waals surface area contributed by atoms with Gasteiger partial charge >= 0.3 is 0 Å². The summed E-state index contributed by atoms with van der Waals surface area (Å²) in [6, 6.07) is 6.46. The first kappa shape index (κ1) is 12.3. The predicted molar refractivity (Wildman–Crippen MR) is 73.1 cm³/mol. The van der Waals surface area contributed by atoms with E-state index in [0.29, 0.717) is 5.92 Å². The van der Waals surface area contributed by atoms with E-state index in [1.54, 1.807) is 7.11 Å². The molecule has 0 saturated heterocycles. The molecular weight excluding hydrogens is 210 g/mol. The average Bonchev–Trinajstić information content (AvgIpc) is 2.51. The molecule has 1 atom stereocenters. The molecule has 0 radical (unpaired) electrons. The van der Waals surface area contributed by atoms with Crippen molar-refractivity contribution in [3.8, 4) is 5.75 Å². The van der Waals surface area contributed by atoms with Crippen molar-refractivity contribution in [3.05, 3.63) is 23.8 Å². The maximum Gasteiger partial charge on any atom is 0.119 e. The van der Waals surface area contributed by atoms with Crippen molar-refractivity contribution in [2.24, 2.45) is 0 Å². The van der Waals surface area contributed by atoms with Gasteiger partial charge < -0.3 is 9.64 Å². The number of hydrogen-bond donors (Lipinski definition) is 0. The number of anilines is 1. The van der Waals surface area contributed by atoms with Gasteiger partial charge in [0.05, 0.1) is 7.11 Å². The Morgan fingerprint density at radius 2 is 2.06 bits per heavy atom. The monoisotopic (exact) mass is 233 g/mol. The maximum atomic E-state index is 5.33. The minimum atomic E-state index is 0.199. The van der Waals surface area contributed by atoms with Crippen LogP contribution < -0.4 is 9.64 Å². The van der Waals surface area contributed by atoms with Gasteiger partial charge in [0.15, 0.2) is 0 Å². The SMILES string of the molecule is CCCN1c2ccc(OC)cc2C(C)C1(C)C. The average molecular weight is 233 g/mol. The summed E-state index contributed by atoms with van der Waals surface area (Å²) in [6.07, 6.45) is 1.18. The molecule has 1 aliphatic rings. The summed E-state index contributed by atoms with van der Waals surface area (Å²) < 4.78 is 5.33. The van der Waals surface area contributed by atoms with Gasteiger partial charge in [-0.25, -0.2) is 0 Å². The number of hydrogen-bond acceptors (Lipinski definition) is 2. The summed E-state index contributed by atoms with van der Waals surface area (Å²) >= 11 is 0. The summed E-state index contributed by atoms with van der Waals surface area (Å²) in [7, 11) is 1.73. The lowest BCUT2D eigenvalue weighted by Gasteiger charge is -2.36. The molecule has 0 saturated carbocycles. The molecule has 1 aliphatic heterocycles. The van der Waals surface area contributed by atoms with Gasteiger partial charge in [-0.05, 0) is 44.0 Å². The van der Waals surface area contributed by atoms with Crippen molar-refractivity contribution in [2.45, 2.75) is 45.6 Å². The van der Waals surface area contributed by atoms with Crippen LogP contribution in [-0.2, 0) is 0 Å². The highest BCUT2D eigenvalue weighted by Gasteiger charge is 2.41. The molecule has 0 spiro atoms. The first-order valence-electron chi connectivity index (χ1n) is 6.48. The van der Waals surface area contributed by atoms with E-state index in [-0.39, 0.29) is 5.54 Å². The van der Waals surface area contributed by atoms with Crippen LogP contribution in [0, 0.1) is 0 Å². The first-order valence-corrected chi connectivity index (χ1v) is 6.48. The lowest BCUT2D eigenvalue weighted by atomic mass is 9.87. The fourth-order valence-corrected chi connectivity index (χ4v) is 2.81. The summed E-state index contributed by atoms with van der Waals surface area (Å²) in [5.41, 5.74) is 3.00. The Balaban J connectivity index is 2.47. The van der Waals surface area contributed by atoms with Gasteiger partial charge in [0.1, 0.15) is 5.75 Å². The van der Waals surface area contributed by atoms with E-state index < -0.39 is 0 Å². The molecule has 94 valence electrons. The number of ether oxygens (including phenoxy) is 1. The van der Waals surface area contributed by atoms with E-state index in [1.807, 2.05) is 0 Å². The van der Waals surface area contributed by atoms with Crippen molar-refractivity contribution in [1.82, 2.24) is 0 Å². The molecule has 1 aromatic carbocycles. The molecule has 2 nitrogen and oxygen atoms in total. The molecule has 0 amide bonds. The van der Waals surface area contributed by atoms with E-state index in [4.69, 9.17) is 4.74 Å². The van der Waals surface area contributed by atoms with Crippen LogP contribution in [0.4, 0.5) is 5.69 Å². The van der Waals surface area contributed by atoms with E-state index in [2.05, 4.69) is 50.8 Å². The number of rotatable bonds is 3. The minimum Gasteiger partial charge on any atom is -0.497 e. The highest BCUT2D eigenvalue weighted by Crippen LogP contribution is 2.48.